The number of sulfonamides is 1. The van der Waals surface area contributed by atoms with Crippen LogP contribution in [0.4, 0.5) is 5.69 Å². The van der Waals surface area contributed by atoms with Crippen LogP contribution >= 0.6 is 0 Å². The Hall–Kier alpha value is -2.68. The lowest BCUT2D eigenvalue weighted by molar-refractivity contribution is -0.120. The Balaban J connectivity index is 1.55. The van der Waals surface area contributed by atoms with Crippen molar-refractivity contribution < 1.29 is 17.9 Å². The van der Waals surface area contributed by atoms with Crippen LogP contribution in [0.15, 0.2) is 66.1 Å². The molecular weight excluding hydrogens is 438 g/mol. The van der Waals surface area contributed by atoms with E-state index in [4.69, 9.17) is 4.74 Å². The molecule has 1 atom stereocenters. The van der Waals surface area contributed by atoms with Gasteiger partial charge >= 0.3 is 0 Å². The first-order valence-electron chi connectivity index (χ1n) is 11.2. The zero-order valence-electron chi connectivity index (χ0n) is 19.4. The van der Waals surface area contributed by atoms with Crippen molar-refractivity contribution >= 4 is 21.6 Å². The Labute approximate surface area is 197 Å². The Bertz CT molecular complexity index is 1030. The van der Waals surface area contributed by atoms with Crippen molar-refractivity contribution in [2.45, 2.75) is 43.7 Å². The van der Waals surface area contributed by atoms with Gasteiger partial charge in [0.1, 0.15) is 12.4 Å². The van der Waals surface area contributed by atoms with Crippen LogP contribution < -0.4 is 10.1 Å². The third-order valence-electron chi connectivity index (χ3n) is 5.84. The number of nitrogens with zero attached hydrogens (tertiary/aromatic N) is 2. The molecule has 1 N–H and O–H groups in total. The van der Waals surface area contributed by atoms with Crippen molar-refractivity contribution in [2.75, 3.05) is 32.1 Å². The highest BCUT2D eigenvalue weighted by Crippen LogP contribution is 2.22. The van der Waals surface area contributed by atoms with Crippen molar-refractivity contribution in [1.82, 2.24) is 9.21 Å². The van der Waals surface area contributed by atoms with E-state index in [0.29, 0.717) is 31.9 Å². The molecule has 1 saturated heterocycles. The zero-order chi connectivity index (χ0) is 23.8. The standard InChI is InChI=1S/C25H33N3O4S/c1-4-18-32-23-12-8-21(9-13-23)19-27(3)20(2)25(29)26-22-10-14-24(15-11-22)33(30,31)28-16-6-5-7-17-28/h4,8-15,20H,1,5-7,16-19H2,2-3H3,(H,26,29)/t20-/m0/s1. The number of benzene rings is 2. The van der Waals surface area contributed by atoms with Gasteiger partial charge in [-0.05, 0) is 68.8 Å². The highest BCUT2D eigenvalue weighted by Gasteiger charge is 2.26. The molecule has 0 radical (unpaired) electrons. The topological polar surface area (TPSA) is 79.0 Å². The monoisotopic (exact) mass is 471 g/mol. The number of nitrogens with one attached hydrogen (secondary N) is 1. The minimum atomic E-state index is -3.48. The van der Waals surface area contributed by atoms with Gasteiger partial charge in [-0.2, -0.15) is 4.31 Å². The molecule has 33 heavy (non-hydrogen) atoms. The number of hydrogen-bond donors (Lipinski definition) is 1. The maximum atomic E-state index is 12.8. The third-order valence-corrected chi connectivity index (χ3v) is 7.75. The summed E-state index contributed by atoms with van der Waals surface area (Å²) in [6, 6.07) is 13.8. The van der Waals surface area contributed by atoms with Gasteiger partial charge in [0, 0.05) is 25.3 Å². The van der Waals surface area contributed by atoms with Crippen LogP contribution in [0, 0.1) is 0 Å². The molecule has 7 nitrogen and oxygen atoms in total. The highest BCUT2D eigenvalue weighted by atomic mass is 32.2. The van der Waals surface area contributed by atoms with Crippen LogP contribution in [0.1, 0.15) is 31.7 Å². The number of carbonyl (C=O) groups excluding carboxylic acids is 1. The van der Waals surface area contributed by atoms with E-state index in [1.165, 1.54) is 0 Å². The van der Waals surface area contributed by atoms with E-state index in [-0.39, 0.29) is 16.8 Å². The van der Waals surface area contributed by atoms with Gasteiger partial charge in [-0.25, -0.2) is 8.42 Å². The fourth-order valence-electron chi connectivity index (χ4n) is 3.68. The normalized spacial score (nSPS) is 15.7. The average molecular weight is 472 g/mol. The van der Waals surface area contributed by atoms with Gasteiger partial charge in [0.15, 0.2) is 0 Å². The number of carbonyl (C=O) groups is 1. The molecule has 0 spiro atoms. The summed E-state index contributed by atoms with van der Waals surface area (Å²) in [5.41, 5.74) is 1.64. The van der Waals surface area contributed by atoms with E-state index in [0.717, 1.165) is 30.6 Å². The lowest BCUT2D eigenvalue weighted by Crippen LogP contribution is -2.39. The molecule has 1 aliphatic rings. The van der Waals surface area contributed by atoms with Crippen LogP contribution in [0.5, 0.6) is 5.75 Å². The number of likely N-dealkylation sites (N-methyl/N-ethyl adjacent to an activating group) is 1. The number of anilines is 1. The predicted octanol–water partition coefficient (Wildman–Crippen LogP) is 3.89. The first kappa shape index (κ1) is 25.0. The molecule has 0 aliphatic carbocycles. The minimum absolute atomic E-state index is 0.157. The lowest BCUT2D eigenvalue weighted by atomic mass is 10.1. The van der Waals surface area contributed by atoms with Crippen molar-refractivity contribution in [3.05, 3.63) is 66.7 Å². The van der Waals surface area contributed by atoms with Gasteiger partial charge in [0.05, 0.1) is 10.9 Å². The van der Waals surface area contributed by atoms with Crippen LogP contribution in [-0.2, 0) is 21.4 Å². The molecule has 1 amide bonds. The van der Waals surface area contributed by atoms with Crippen molar-refractivity contribution in [1.29, 1.82) is 0 Å². The zero-order valence-corrected chi connectivity index (χ0v) is 20.2. The number of ether oxygens (including phenoxy) is 1. The van der Waals surface area contributed by atoms with Gasteiger partial charge < -0.3 is 10.1 Å². The molecule has 0 unspecified atom stereocenters. The molecule has 1 aliphatic heterocycles. The van der Waals surface area contributed by atoms with Gasteiger partial charge in [0.2, 0.25) is 15.9 Å². The Kier molecular flexibility index (Phi) is 8.66. The van der Waals surface area contributed by atoms with Crippen LogP contribution in [0.25, 0.3) is 0 Å². The Morgan fingerprint density at radius 3 is 2.36 bits per heavy atom. The third kappa shape index (κ3) is 6.66. The summed E-state index contributed by atoms with van der Waals surface area (Å²) >= 11 is 0. The Morgan fingerprint density at radius 2 is 1.76 bits per heavy atom. The van der Waals surface area contributed by atoms with Gasteiger partial charge in [-0.3, -0.25) is 9.69 Å². The SMILES string of the molecule is C=CCOc1ccc(CN(C)[C@@H](C)C(=O)Nc2ccc(S(=O)(=O)N3CCCCC3)cc2)cc1. The fourth-order valence-corrected chi connectivity index (χ4v) is 5.20. The summed E-state index contributed by atoms with van der Waals surface area (Å²) in [4.78, 5) is 14.9. The molecule has 2 aromatic rings. The quantitative estimate of drug-likeness (QED) is 0.532. The predicted molar refractivity (Wildman–Crippen MR) is 131 cm³/mol. The maximum Gasteiger partial charge on any atom is 0.243 e. The average Bonchev–Trinajstić information content (AvgIpc) is 2.84. The first-order valence-corrected chi connectivity index (χ1v) is 12.7. The number of piperidine rings is 1. The summed E-state index contributed by atoms with van der Waals surface area (Å²) in [6.45, 7) is 7.66. The van der Waals surface area contributed by atoms with Crippen molar-refractivity contribution in [3.63, 3.8) is 0 Å². The smallest absolute Gasteiger partial charge is 0.243 e. The van der Waals surface area contributed by atoms with Gasteiger partial charge in [0.25, 0.3) is 0 Å². The fraction of sp³-hybridized carbons (Fsp3) is 0.400. The molecule has 1 fully saturated rings. The summed E-state index contributed by atoms with van der Waals surface area (Å²) < 4.78 is 32.6. The van der Waals surface area contributed by atoms with Crippen LogP contribution in [0.3, 0.4) is 0 Å². The van der Waals surface area contributed by atoms with Crippen molar-refractivity contribution in [3.8, 4) is 5.75 Å². The molecule has 1 heterocycles. The largest absolute Gasteiger partial charge is 0.490 e. The summed E-state index contributed by atoms with van der Waals surface area (Å²) in [5.74, 6) is 0.618. The second-order valence-electron chi connectivity index (χ2n) is 8.31. The van der Waals surface area contributed by atoms with Gasteiger partial charge in [-0.15, -0.1) is 0 Å². The van der Waals surface area contributed by atoms with E-state index >= 15 is 0 Å². The molecule has 8 heteroatoms. The number of rotatable bonds is 10. The minimum Gasteiger partial charge on any atom is -0.490 e. The van der Waals surface area contributed by atoms with Crippen LogP contribution in [-0.4, -0.2) is 56.3 Å². The molecule has 0 saturated carbocycles. The number of hydrogen-bond acceptors (Lipinski definition) is 5. The highest BCUT2D eigenvalue weighted by molar-refractivity contribution is 7.89. The maximum absolute atomic E-state index is 12.8. The van der Waals surface area contributed by atoms with E-state index in [9.17, 15) is 13.2 Å². The van der Waals surface area contributed by atoms with Gasteiger partial charge in [-0.1, -0.05) is 31.2 Å². The van der Waals surface area contributed by atoms with E-state index in [2.05, 4.69) is 11.9 Å². The summed E-state index contributed by atoms with van der Waals surface area (Å²) in [6.07, 6.45) is 4.56. The second kappa shape index (κ2) is 11.4. The summed E-state index contributed by atoms with van der Waals surface area (Å²) in [7, 11) is -1.59. The Morgan fingerprint density at radius 1 is 1.12 bits per heavy atom. The van der Waals surface area contributed by atoms with Crippen molar-refractivity contribution in [2.24, 2.45) is 0 Å². The summed E-state index contributed by atoms with van der Waals surface area (Å²) in [5, 5.41) is 2.88. The molecule has 178 valence electrons. The van der Waals surface area contributed by atoms with Crippen LogP contribution in [0.2, 0.25) is 0 Å². The number of amides is 1. The van der Waals surface area contributed by atoms with E-state index < -0.39 is 10.0 Å². The molecule has 2 aromatic carbocycles. The first-order chi connectivity index (χ1) is 15.8. The lowest BCUT2D eigenvalue weighted by Gasteiger charge is -2.26. The molecule has 3 rings (SSSR count). The second-order valence-corrected chi connectivity index (χ2v) is 10.3. The molecule has 0 bridgehead atoms. The molecule has 0 aromatic heterocycles. The van der Waals surface area contributed by atoms with E-state index in [1.54, 1.807) is 34.6 Å². The van der Waals surface area contributed by atoms with E-state index in [1.807, 2.05) is 43.1 Å². The molecular formula is C25H33N3O4S.